The number of hydrogen-bond donors (Lipinski definition) is 12. The second-order valence-electron chi connectivity index (χ2n) is 24.0. The van der Waals surface area contributed by atoms with Gasteiger partial charge in [-0.05, 0) is 124 Å². The Balaban J connectivity index is 1.11. The largest absolute Gasteiger partial charge is 0.481 e. The molecule has 4 saturated carbocycles. The van der Waals surface area contributed by atoms with Gasteiger partial charge in [0.25, 0.3) is 0 Å². The fraction of sp³-hybridized carbons (Fsp3) is 0.922. The molecule has 7 aliphatic rings. The molecule has 8 unspecified atom stereocenters. The minimum Gasteiger partial charge on any atom is -0.481 e. The Morgan fingerprint density at radius 1 is 0.667 bits per heavy atom. The van der Waals surface area contributed by atoms with E-state index in [-0.39, 0.29) is 39.9 Å². The van der Waals surface area contributed by atoms with Crippen molar-refractivity contribution in [3.63, 3.8) is 0 Å². The topological polar surface area (TPSA) is 342 Å². The van der Waals surface area contributed by atoms with E-state index in [1.54, 1.807) is 0 Å². The van der Waals surface area contributed by atoms with Crippen molar-refractivity contribution in [3.8, 4) is 0 Å². The van der Waals surface area contributed by atoms with Gasteiger partial charge in [0.1, 0.15) is 86.3 Å². The van der Waals surface area contributed by atoms with Crippen LogP contribution in [0.3, 0.4) is 0 Å². The lowest BCUT2D eigenvalue weighted by Crippen LogP contribution is -2.68. The number of rotatable bonds is 16. The summed E-state index contributed by atoms with van der Waals surface area (Å²) in [6.45, 7) is 15.2. The number of aliphatic hydroxyl groups is 11. The van der Waals surface area contributed by atoms with Crippen LogP contribution in [0.25, 0.3) is 0 Å². The monoisotopic (exact) mass is 1030 g/mol. The maximum absolute atomic E-state index is 12.7. The summed E-state index contributed by atoms with van der Waals surface area (Å²) in [5.41, 5.74) is -1.36. The molecule has 0 amide bonds. The molecule has 4 aliphatic carbocycles. The number of carbonyl (C=O) groups is 2. The summed E-state index contributed by atoms with van der Waals surface area (Å²) in [7, 11) is 0. The van der Waals surface area contributed by atoms with E-state index in [1.165, 1.54) is 0 Å². The summed E-state index contributed by atoms with van der Waals surface area (Å²) in [4.78, 5) is 23.0. The second kappa shape index (κ2) is 21.8. The molecule has 72 heavy (non-hydrogen) atoms. The first-order valence-corrected chi connectivity index (χ1v) is 25.9. The maximum Gasteiger partial charge on any atom is 0.317 e. The van der Waals surface area contributed by atoms with E-state index in [9.17, 15) is 65.8 Å². The SMILES string of the molecule is CC(C)=CCCC(C)(O[C@@H]1O[C@H](CO)[C@@H](O)[C@H](O)[C@H]1O)C1CCC2(C)C1C(O)CC1[C@@]3(C)CCC(O[C@@H]4O[C@H](CO)[C@@H](O)[C@H](O)[C@H]4O[C@@H]4O[C@H](COC(=O)CC(=O)O)[C@@H](O)[C@H](O)[C@H]4O)C(C)(C)C3CC[C@]12C. The third-order valence-electron chi connectivity index (χ3n) is 19.3. The summed E-state index contributed by atoms with van der Waals surface area (Å²) in [5.74, 6) is -2.92. The number of carbonyl (C=O) groups excluding carboxylic acids is 1. The lowest BCUT2D eigenvalue weighted by molar-refractivity contribution is -0.378. The minimum absolute atomic E-state index is 0.0343. The number of fused-ring (bicyclic) bond motifs is 5. The molecule has 0 radical (unpaired) electrons. The lowest BCUT2D eigenvalue weighted by atomic mass is 9.35. The average molecular weight is 1030 g/mol. The Bertz CT molecular complexity index is 1920. The molecular formula is C51H84O21. The molecule has 25 atom stereocenters. The quantitative estimate of drug-likeness (QED) is 0.0419. The van der Waals surface area contributed by atoms with Gasteiger partial charge in [-0.3, -0.25) is 9.59 Å². The van der Waals surface area contributed by atoms with Crippen molar-refractivity contribution >= 4 is 11.9 Å². The Morgan fingerprint density at radius 2 is 1.24 bits per heavy atom. The van der Waals surface area contributed by atoms with Gasteiger partial charge in [-0.25, -0.2) is 0 Å². The third kappa shape index (κ3) is 10.3. The van der Waals surface area contributed by atoms with Crippen molar-refractivity contribution in [2.45, 2.75) is 230 Å². The fourth-order valence-electron chi connectivity index (χ4n) is 15.2. The number of aliphatic carboxylic acids is 1. The highest BCUT2D eigenvalue weighted by molar-refractivity contribution is 5.90. The van der Waals surface area contributed by atoms with Crippen LogP contribution >= 0.6 is 0 Å². The van der Waals surface area contributed by atoms with E-state index in [2.05, 4.69) is 40.7 Å². The zero-order valence-corrected chi connectivity index (χ0v) is 42.9. The van der Waals surface area contributed by atoms with Gasteiger partial charge < -0.3 is 94.4 Å². The van der Waals surface area contributed by atoms with Crippen molar-refractivity contribution < 1.29 is 104 Å². The first-order chi connectivity index (χ1) is 33.6. The molecule has 21 nitrogen and oxygen atoms in total. The first kappa shape index (κ1) is 57.7. The Kier molecular flexibility index (Phi) is 17.5. The molecule has 0 bridgehead atoms. The summed E-state index contributed by atoms with van der Waals surface area (Å²) < 4.78 is 42.3. The number of allylic oxidation sites excluding steroid dienone is 2. The van der Waals surface area contributed by atoms with Crippen molar-refractivity contribution in [1.29, 1.82) is 0 Å². The van der Waals surface area contributed by atoms with Crippen LogP contribution in [0.15, 0.2) is 11.6 Å². The summed E-state index contributed by atoms with van der Waals surface area (Å²) in [6.07, 6.45) is -18.2. The van der Waals surface area contributed by atoms with E-state index in [0.29, 0.717) is 38.5 Å². The molecule has 7 rings (SSSR count). The van der Waals surface area contributed by atoms with E-state index in [1.807, 2.05) is 20.8 Å². The average Bonchev–Trinajstić information content (AvgIpc) is 3.70. The molecule has 0 spiro atoms. The molecular weight excluding hydrogens is 949 g/mol. The molecule has 21 heteroatoms. The van der Waals surface area contributed by atoms with Gasteiger partial charge in [0.15, 0.2) is 18.9 Å². The van der Waals surface area contributed by atoms with E-state index >= 15 is 0 Å². The van der Waals surface area contributed by atoms with Crippen LogP contribution in [0.5, 0.6) is 0 Å². The smallest absolute Gasteiger partial charge is 0.317 e. The van der Waals surface area contributed by atoms with Crippen molar-refractivity contribution in [3.05, 3.63) is 11.6 Å². The van der Waals surface area contributed by atoms with Crippen molar-refractivity contribution in [2.24, 2.45) is 45.3 Å². The molecule has 0 aromatic heterocycles. The minimum atomic E-state index is -1.93. The summed E-state index contributed by atoms with van der Waals surface area (Å²) in [5, 5.41) is 129. The zero-order chi connectivity index (χ0) is 53.2. The molecule has 0 aromatic carbocycles. The van der Waals surface area contributed by atoms with Gasteiger partial charge in [-0.2, -0.15) is 0 Å². The second-order valence-corrected chi connectivity index (χ2v) is 24.0. The first-order valence-electron chi connectivity index (χ1n) is 25.9. The maximum atomic E-state index is 12.7. The Labute approximate surface area is 421 Å². The number of carboxylic acid groups (broad SMARTS) is 1. The van der Waals surface area contributed by atoms with Gasteiger partial charge in [0.2, 0.25) is 0 Å². The van der Waals surface area contributed by atoms with E-state index < -0.39 is 154 Å². The molecule has 0 aromatic rings. The van der Waals surface area contributed by atoms with E-state index in [0.717, 1.165) is 24.8 Å². The molecule has 414 valence electrons. The van der Waals surface area contributed by atoms with Crippen molar-refractivity contribution in [2.75, 3.05) is 19.8 Å². The molecule has 12 N–H and O–H groups in total. The highest BCUT2D eigenvalue weighted by Gasteiger charge is 2.72. The van der Waals surface area contributed by atoms with Gasteiger partial charge in [0.05, 0.1) is 31.0 Å². The third-order valence-corrected chi connectivity index (χ3v) is 19.3. The Hall–Kier alpha value is -2.00. The van der Waals surface area contributed by atoms with Crippen LogP contribution in [-0.4, -0.2) is 203 Å². The number of carboxylic acids is 1. The van der Waals surface area contributed by atoms with E-state index in [4.69, 9.17) is 38.3 Å². The highest BCUT2D eigenvalue weighted by Crippen LogP contribution is 2.76. The van der Waals surface area contributed by atoms with Gasteiger partial charge >= 0.3 is 11.9 Å². The highest BCUT2D eigenvalue weighted by atomic mass is 16.8. The van der Waals surface area contributed by atoms with Crippen LogP contribution in [0, 0.1) is 45.3 Å². The van der Waals surface area contributed by atoms with Gasteiger partial charge in [0, 0.05) is 0 Å². The number of aliphatic hydroxyl groups excluding tert-OH is 11. The van der Waals surface area contributed by atoms with Gasteiger partial charge in [-0.15, -0.1) is 0 Å². The van der Waals surface area contributed by atoms with Gasteiger partial charge in [-0.1, -0.05) is 46.3 Å². The standard InChI is InChI=1S/C51H84O21/c1-23(2)10-9-14-51(8,72-45-42(65)38(61)35(58)26(20-52)67-45)24-11-16-50(7)34(24)25(54)18-30-48(5)15-13-31(47(3,4)29(48)12-17-49(30,50)6)70-46-43(40(63)36(59)27(21-53)68-46)71-44-41(64)39(62)37(60)28(69-44)22-66-33(57)19-32(55)56/h10,24-31,34-46,52-54,58-65H,9,11-22H2,1-8H3,(H,55,56)/t24?,25?,26-,27-,28-,29?,30?,31?,34?,35-,36-,37-,38+,39+,40+,41-,42-,43-,44+,45+,46+,48+,49-,50?,51?/m1/s1. The molecule has 3 aliphatic heterocycles. The molecule has 7 fully saturated rings. The van der Waals surface area contributed by atoms with Crippen LogP contribution in [0.2, 0.25) is 0 Å². The normalized spacial score (nSPS) is 48.8. The molecule has 3 saturated heterocycles. The summed E-state index contributed by atoms with van der Waals surface area (Å²) >= 11 is 0. The van der Waals surface area contributed by atoms with Crippen LogP contribution in [-0.2, 0) is 42.7 Å². The fourth-order valence-corrected chi connectivity index (χ4v) is 15.2. The van der Waals surface area contributed by atoms with Crippen molar-refractivity contribution in [1.82, 2.24) is 0 Å². The van der Waals surface area contributed by atoms with Crippen LogP contribution in [0.1, 0.15) is 120 Å². The Morgan fingerprint density at radius 3 is 1.85 bits per heavy atom. The summed E-state index contributed by atoms with van der Waals surface area (Å²) in [6, 6.07) is 0. The lowest BCUT2D eigenvalue weighted by Gasteiger charge is -2.71. The number of esters is 1. The van der Waals surface area contributed by atoms with Crippen LogP contribution in [0.4, 0.5) is 0 Å². The number of hydrogen-bond acceptors (Lipinski definition) is 20. The van der Waals surface area contributed by atoms with Crippen LogP contribution < -0.4 is 0 Å². The zero-order valence-electron chi connectivity index (χ0n) is 42.9. The molecule has 3 heterocycles. The predicted octanol–water partition coefficient (Wildman–Crippen LogP) is -0.00120. The predicted molar refractivity (Wildman–Crippen MR) is 250 cm³/mol. The number of ether oxygens (including phenoxy) is 7.